The van der Waals surface area contributed by atoms with E-state index in [-0.39, 0.29) is 49.8 Å². The van der Waals surface area contributed by atoms with Gasteiger partial charge in [-0.15, -0.1) is 0 Å². The van der Waals surface area contributed by atoms with Gasteiger partial charge in [0.1, 0.15) is 23.0 Å². The van der Waals surface area contributed by atoms with E-state index in [4.69, 9.17) is 23.2 Å². The molecule has 0 saturated carbocycles. The maximum Gasteiger partial charge on any atom is 0.260 e. The number of para-hydroxylation sites is 3. The molecule has 4 heteroatoms. The zero-order chi connectivity index (χ0) is 48.7. The van der Waals surface area contributed by atoms with E-state index < -0.39 is 132 Å². The lowest BCUT2D eigenvalue weighted by molar-refractivity contribution is 0.464. The highest BCUT2D eigenvalue weighted by atomic mass is 16.5. The van der Waals surface area contributed by atoms with Crippen LogP contribution in [0, 0.1) is 0 Å². The van der Waals surface area contributed by atoms with Crippen molar-refractivity contribution in [3.05, 3.63) is 169 Å². The second kappa shape index (κ2) is 10.4. The summed E-state index contributed by atoms with van der Waals surface area (Å²) in [5, 5.41) is 5.12. The standard InChI is InChI=1S/C48H28BNO2/c1-2-13-34-32(11-1)33-12-3-4-14-35(33)38-25-29(21-23-36(34)38)30-22-24-43-39(26-30)37-15-5-8-18-42(37)50(43)31-27-46-48-47(28-31)52-45-20-10-7-17-41(45)49(48)40-16-6-9-19-44(40)51-46/h1-28H/i5D,6D,7D,8D,9D,10D,15D,16D,17D,18D,19D,20D,22D,24D,26D,27D,28D. The molecule has 0 N–H and O–H groups in total. The average Bonchev–Trinajstić information content (AvgIpc) is 3.71. The van der Waals surface area contributed by atoms with Crippen LogP contribution in [0.1, 0.15) is 23.3 Å². The Hall–Kier alpha value is -6.78. The highest BCUT2D eigenvalue weighted by Gasteiger charge is 2.40. The molecule has 2 aliphatic rings. The molecule has 1 aromatic heterocycles. The summed E-state index contributed by atoms with van der Waals surface area (Å²) in [6, 6.07) is 10.3. The first-order valence-corrected chi connectivity index (χ1v) is 16.5. The Kier molecular flexibility index (Phi) is 3.29. The van der Waals surface area contributed by atoms with Crippen LogP contribution in [0.4, 0.5) is 0 Å². The van der Waals surface area contributed by atoms with Crippen molar-refractivity contribution in [2.45, 2.75) is 0 Å². The van der Waals surface area contributed by atoms with Gasteiger partial charge in [0.15, 0.2) is 0 Å². The van der Waals surface area contributed by atoms with Crippen LogP contribution in [-0.2, 0) is 0 Å². The fraction of sp³-hybridized carbons (Fsp3) is 0. The predicted molar refractivity (Wildman–Crippen MR) is 216 cm³/mol. The summed E-state index contributed by atoms with van der Waals surface area (Å²) < 4.78 is 169. The van der Waals surface area contributed by atoms with Gasteiger partial charge >= 0.3 is 0 Å². The number of nitrogens with zero attached hydrogens (tertiary/aromatic N) is 1. The molecule has 0 bridgehead atoms. The first-order chi connectivity index (χ1) is 32.9. The van der Waals surface area contributed by atoms with Crippen molar-refractivity contribution in [2.75, 3.05) is 0 Å². The van der Waals surface area contributed by atoms with Gasteiger partial charge in [-0.25, -0.2) is 0 Å². The van der Waals surface area contributed by atoms with E-state index >= 15 is 0 Å². The van der Waals surface area contributed by atoms with Crippen molar-refractivity contribution in [2.24, 2.45) is 0 Å². The SMILES string of the molecule is [2H]c1c([2H])c([2H])c2c(c1[2H])Oc1c([2H])c(-n3c4c([2H])c([2H])c([2H])c([2H])c4c4c([2H])c(-c5ccc6c7ccccc7c7ccccc7c6c5)c([2H])c([2H])c43)c([2H])c3c1B2c1c([2H])c([2H])c([2H])c([2H])c1O3. The third-order valence-electron chi connectivity index (χ3n) is 10.0. The lowest BCUT2D eigenvalue weighted by Gasteiger charge is -2.33. The average molecular weight is 679 g/mol. The minimum Gasteiger partial charge on any atom is -0.458 e. The highest BCUT2D eigenvalue weighted by molar-refractivity contribution is 6.98. The van der Waals surface area contributed by atoms with Crippen LogP contribution >= 0.6 is 0 Å². The summed E-state index contributed by atoms with van der Waals surface area (Å²) in [5.41, 5.74) is -1.56. The number of ether oxygens (including phenoxy) is 2. The van der Waals surface area contributed by atoms with Crippen molar-refractivity contribution in [1.29, 1.82) is 0 Å². The Balaban J connectivity index is 1.21. The molecule has 0 spiro atoms. The zero-order valence-corrected chi connectivity index (χ0v) is 26.7. The van der Waals surface area contributed by atoms with Crippen LogP contribution in [0.5, 0.6) is 23.0 Å². The monoisotopic (exact) mass is 678 g/mol. The Morgan fingerprint density at radius 2 is 1.00 bits per heavy atom. The summed E-state index contributed by atoms with van der Waals surface area (Å²) in [6.45, 7) is -1.51. The van der Waals surface area contributed by atoms with Gasteiger partial charge in [0.25, 0.3) is 6.71 Å². The van der Waals surface area contributed by atoms with Gasteiger partial charge in [0.2, 0.25) is 0 Å². The molecule has 12 rings (SSSR count). The number of rotatable bonds is 2. The lowest BCUT2D eigenvalue weighted by Crippen LogP contribution is -2.57. The molecular formula is C48H28BNO2. The van der Waals surface area contributed by atoms with Gasteiger partial charge in [0.05, 0.1) is 40.0 Å². The van der Waals surface area contributed by atoms with Gasteiger partial charge < -0.3 is 14.0 Å². The van der Waals surface area contributed by atoms with E-state index in [9.17, 15) is 9.60 Å². The first-order valence-electron chi connectivity index (χ1n) is 25.0. The molecule has 10 aromatic rings. The van der Waals surface area contributed by atoms with Crippen LogP contribution in [0.25, 0.3) is 70.9 Å². The summed E-state index contributed by atoms with van der Waals surface area (Å²) in [7, 11) is 0. The number of hydrogen-bond acceptors (Lipinski definition) is 2. The molecule has 2 aliphatic heterocycles. The molecule has 3 nitrogen and oxygen atoms in total. The smallest absolute Gasteiger partial charge is 0.260 e. The van der Waals surface area contributed by atoms with Crippen molar-refractivity contribution in [3.63, 3.8) is 0 Å². The van der Waals surface area contributed by atoms with Crippen LogP contribution in [-0.4, -0.2) is 11.3 Å². The quantitative estimate of drug-likeness (QED) is 0.134. The largest absolute Gasteiger partial charge is 0.458 e. The van der Waals surface area contributed by atoms with Gasteiger partial charge in [-0.3, -0.25) is 0 Å². The topological polar surface area (TPSA) is 23.4 Å². The fourth-order valence-electron chi connectivity index (χ4n) is 7.79. The van der Waals surface area contributed by atoms with E-state index in [1.807, 2.05) is 60.7 Å². The molecule has 0 fully saturated rings. The second-order valence-corrected chi connectivity index (χ2v) is 12.7. The van der Waals surface area contributed by atoms with Gasteiger partial charge in [-0.05, 0) is 90.6 Å². The van der Waals surface area contributed by atoms with E-state index in [1.54, 1.807) is 6.07 Å². The Morgan fingerprint density at radius 1 is 0.442 bits per heavy atom. The number of fused-ring (bicyclic) bond motifs is 13. The fourth-order valence-corrected chi connectivity index (χ4v) is 7.79. The second-order valence-electron chi connectivity index (χ2n) is 12.7. The van der Waals surface area contributed by atoms with E-state index in [1.165, 1.54) is 0 Å². The maximum atomic E-state index is 9.91. The summed E-state index contributed by atoms with van der Waals surface area (Å²) in [6.07, 6.45) is 0. The van der Waals surface area contributed by atoms with Crippen molar-refractivity contribution >= 4 is 77.2 Å². The highest BCUT2D eigenvalue weighted by Crippen LogP contribution is 2.42. The third kappa shape index (κ3) is 3.81. The molecule has 0 amide bonds. The summed E-state index contributed by atoms with van der Waals surface area (Å²) in [5.74, 6) is -1.89. The number of hydrogen-bond donors (Lipinski definition) is 0. The molecule has 0 unspecified atom stereocenters. The van der Waals surface area contributed by atoms with Crippen LogP contribution in [0.2, 0.25) is 0 Å². The lowest BCUT2D eigenvalue weighted by atomic mass is 9.35. The van der Waals surface area contributed by atoms with Crippen LogP contribution in [0.3, 0.4) is 0 Å². The molecule has 0 saturated heterocycles. The minimum atomic E-state index is -1.51. The summed E-state index contributed by atoms with van der Waals surface area (Å²) >= 11 is 0. The number of aromatic nitrogens is 1. The van der Waals surface area contributed by atoms with Crippen LogP contribution < -0.4 is 25.9 Å². The Bertz CT molecular complexity index is 4000. The molecule has 0 atom stereocenters. The molecule has 52 heavy (non-hydrogen) atoms. The summed E-state index contributed by atoms with van der Waals surface area (Å²) in [4.78, 5) is 0. The number of benzene rings is 9. The minimum absolute atomic E-state index is 0.0261. The van der Waals surface area contributed by atoms with E-state index in [0.717, 1.165) is 36.9 Å². The van der Waals surface area contributed by atoms with Gasteiger partial charge in [-0.2, -0.15) is 0 Å². The molecule has 240 valence electrons. The van der Waals surface area contributed by atoms with Crippen molar-refractivity contribution in [3.8, 4) is 39.8 Å². The molecule has 0 aliphatic carbocycles. The van der Waals surface area contributed by atoms with E-state index in [0.29, 0.717) is 5.56 Å². The van der Waals surface area contributed by atoms with Gasteiger partial charge in [-0.1, -0.05) is 121 Å². The van der Waals surface area contributed by atoms with Crippen molar-refractivity contribution in [1.82, 2.24) is 4.57 Å². The van der Waals surface area contributed by atoms with E-state index in [2.05, 4.69) is 0 Å². The van der Waals surface area contributed by atoms with Crippen molar-refractivity contribution < 1.29 is 32.8 Å². The predicted octanol–water partition coefficient (Wildman–Crippen LogP) is 10.6. The Labute approximate surface area is 323 Å². The first kappa shape index (κ1) is 16.5. The van der Waals surface area contributed by atoms with Gasteiger partial charge in [0, 0.05) is 28.3 Å². The Morgan fingerprint density at radius 3 is 1.67 bits per heavy atom. The zero-order valence-electron chi connectivity index (χ0n) is 43.7. The molecule has 9 aromatic carbocycles. The normalized spacial score (nSPS) is 17.5. The maximum absolute atomic E-state index is 9.91. The third-order valence-corrected chi connectivity index (χ3v) is 10.0. The molecule has 0 radical (unpaired) electrons. The van der Waals surface area contributed by atoms with Crippen LogP contribution in [0.15, 0.2) is 169 Å². The molecule has 3 heterocycles. The molecular weight excluding hydrogens is 633 g/mol.